The van der Waals surface area contributed by atoms with Crippen LogP contribution < -0.4 is 5.32 Å². The first-order chi connectivity index (χ1) is 6.38. The van der Waals surface area contributed by atoms with Gasteiger partial charge in [-0.15, -0.1) is 0 Å². The van der Waals surface area contributed by atoms with E-state index in [0.717, 1.165) is 0 Å². The number of unbranched alkanes of at least 4 members (excludes halogenated alkanes) is 1. The van der Waals surface area contributed by atoms with Gasteiger partial charge in [0.1, 0.15) is 0 Å². The van der Waals surface area contributed by atoms with Crippen molar-refractivity contribution in [3.05, 3.63) is 30.1 Å². The molecule has 2 heteroatoms. The van der Waals surface area contributed by atoms with Crippen molar-refractivity contribution >= 4 is 0 Å². The fraction of sp³-hybridized carbons (Fsp3) is 0.545. The van der Waals surface area contributed by atoms with Crippen molar-refractivity contribution in [2.24, 2.45) is 0 Å². The number of nitrogens with zero attached hydrogens (tertiary/aromatic N) is 1. The summed E-state index contributed by atoms with van der Waals surface area (Å²) in [5.74, 6) is 0. The highest BCUT2D eigenvalue weighted by molar-refractivity contribution is 5.14. The van der Waals surface area contributed by atoms with Crippen molar-refractivity contribution in [2.45, 2.75) is 32.2 Å². The molecule has 0 aliphatic carbocycles. The van der Waals surface area contributed by atoms with E-state index in [1.807, 2.05) is 19.4 Å². The summed E-state index contributed by atoms with van der Waals surface area (Å²) in [7, 11) is 2.01. The molecule has 1 N–H and O–H groups in total. The molecule has 0 saturated heterocycles. The van der Waals surface area contributed by atoms with Gasteiger partial charge in [0.25, 0.3) is 0 Å². The number of rotatable bonds is 5. The zero-order chi connectivity index (χ0) is 9.52. The second kappa shape index (κ2) is 5.70. The normalized spacial score (nSPS) is 12.8. The van der Waals surface area contributed by atoms with Crippen LogP contribution in [0.15, 0.2) is 24.5 Å². The molecule has 0 bridgehead atoms. The Balaban J connectivity index is 2.56. The predicted molar refractivity (Wildman–Crippen MR) is 55.6 cm³/mol. The van der Waals surface area contributed by atoms with Gasteiger partial charge in [0.2, 0.25) is 0 Å². The summed E-state index contributed by atoms with van der Waals surface area (Å²) < 4.78 is 0. The molecule has 1 atom stereocenters. The van der Waals surface area contributed by atoms with Crippen molar-refractivity contribution in [1.29, 1.82) is 0 Å². The highest BCUT2D eigenvalue weighted by Gasteiger charge is 2.06. The summed E-state index contributed by atoms with van der Waals surface area (Å²) in [6.07, 6.45) is 7.44. The molecule has 0 saturated carbocycles. The van der Waals surface area contributed by atoms with E-state index >= 15 is 0 Å². The monoisotopic (exact) mass is 178 g/mol. The molecule has 2 nitrogen and oxygen atoms in total. The third-order valence-corrected chi connectivity index (χ3v) is 2.30. The average molecular weight is 178 g/mol. The zero-order valence-corrected chi connectivity index (χ0v) is 8.46. The van der Waals surface area contributed by atoms with Crippen LogP contribution in [-0.2, 0) is 0 Å². The Morgan fingerprint density at radius 1 is 1.38 bits per heavy atom. The molecular weight excluding hydrogens is 160 g/mol. The summed E-state index contributed by atoms with van der Waals surface area (Å²) in [6.45, 7) is 2.22. The smallest absolute Gasteiger partial charge is 0.0318 e. The van der Waals surface area contributed by atoms with E-state index in [0.29, 0.717) is 6.04 Å². The topological polar surface area (TPSA) is 24.9 Å². The molecule has 1 aromatic heterocycles. The van der Waals surface area contributed by atoms with Gasteiger partial charge < -0.3 is 5.32 Å². The van der Waals surface area contributed by atoms with Crippen molar-refractivity contribution in [1.82, 2.24) is 10.3 Å². The third kappa shape index (κ3) is 3.15. The Kier molecular flexibility index (Phi) is 4.47. The summed E-state index contributed by atoms with van der Waals surface area (Å²) in [5, 5.41) is 3.33. The van der Waals surface area contributed by atoms with Crippen LogP contribution in [0.3, 0.4) is 0 Å². The molecule has 1 aromatic rings. The van der Waals surface area contributed by atoms with Gasteiger partial charge in [-0.25, -0.2) is 0 Å². The maximum atomic E-state index is 4.01. The lowest BCUT2D eigenvalue weighted by Gasteiger charge is -2.15. The van der Waals surface area contributed by atoms with Gasteiger partial charge in [-0.1, -0.05) is 19.8 Å². The van der Waals surface area contributed by atoms with Gasteiger partial charge in [0, 0.05) is 18.4 Å². The van der Waals surface area contributed by atoms with E-state index in [9.17, 15) is 0 Å². The maximum absolute atomic E-state index is 4.01. The lowest BCUT2D eigenvalue weighted by Crippen LogP contribution is -2.16. The van der Waals surface area contributed by atoms with Gasteiger partial charge in [0.05, 0.1) is 0 Å². The van der Waals surface area contributed by atoms with Crippen LogP contribution in [0.5, 0.6) is 0 Å². The first-order valence-corrected chi connectivity index (χ1v) is 4.95. The SMILES string of the molecule is CCCCC(NC)c1ccncc1. The van der Waals surface area contributed by atoms with Crippen molar-refractivity contribution < 1.29 is 0 Å². The van der Waals surface area contributed by atoms with E-state index in [1.165, 1.54) is 24.8 Å². The van der Waals surface area contributed by atoms with E-state index in [2.05, 4.69) is 29.4 Å². The first kappa shape index (κ1) is 10.2. The standard InChI is InChI=1S/C11H18N2/c1-3-4-5-11(12-2)10-6-8-13-9-7-10/h6-9,11-12H,3-5H2,1-2H3. The largest absolute Gasteiger partial charge is 0.313 e. The summed E-state index contributed by atoms with van der Waals surface area (Å²) in [5.41, 5.74) is 1.34. The quantitative estimate of drug-likeness (QED) is 0.749. The molecule has 1 rings (SSSR count). The molecule has 0 fully saturated rings. The minimum Gasteiger partial charge on any atom is -0.313 e. The number of pyridine rings is 1. The highest BCUT2D eigenvalue weighted by atomic mass is 14.9. The Bertz CT molecular complexity index is 221. The van der Waals surface area contributed by atoms with E-state index in [1.54, 1.807) is 0 Å². The molecule has 0 aromatic carbocycles. The van der Waals surface area contributed by atoms with Crippen LogP contribution in [0.2, 0.25) is 0 Å². The van der Waals surface area contributed by atoms with E-state index < -0.39 is 0 Å². The third-order valence-electron chi connectivity index (χ3n) is 2.30. The lowest BCUT2D eigenvalue weighted by atomic mass is 10.0. The van der Waals surface area contributed by atoms with Crippen molar-refractivity contribution in [3.8, 4) is 0 Å². The van der Waals surface area contributed by atoms with Crippen LogP contribution in [-0.4, -0.2) is 12.0 Å². The number of hydrogen-bond acceptors (Lipinski definition) is 2. The van der Waals surface area contributed by atoms with Crippen LogP contribution in [0.25, 0.3) is 0 Å². The second-order valence-corrected chi connectivity index (χ2v) is 3.26. The summed E-state index contributed by atoms with van der Waals surface area (Å²) in [4.78, 5) is 4.01. The van der Waals surface area contributed by atoms with Gasteiger partial charge in [-0.05, 0) is 31.2 Å². The van der Waals surface area contributed by atoms with Gasteiger partial charge >= 0.3 is 0 Å². The lowest BCUT2D eigenvalue weighted by molar-refractivity contribution is 0.522. The van der Waals surface area contributed by atoms with E-state index in [-0.39, 0.29) is 0 Å². The first-order valence-electron chi connectivity index (χ1n) is 4.95. The maximum Gasteiger partial charge on any atom is 0.0318 e. The fourth-order valence-corrected chi connectivity index (χ4v) is 1.48. The van der Waals surface area contributed by atoms with Crippen molar-refractivity contribution in [3.63, 3.8) is 0 Å². The Labute approximate surface area is 80.4 Å². The minimum atomic E-state index is 0.489. The van der Waals surface area contributed by atoms with Crippen LogP contribution in [0.4, 0.5) is 0 Å². The Morgan fingerprint density at radius 2 is 2.08 bits per heavy atom. The molecule has 0 amide bonds. The van der Waals surface area contributed by atoms with Gasteiger partial charge in [-0.2, -0.15) is 0 Å². The Morgan fingerprint density at radius 3 is 2.62 bits per heavy atom. The second-order valence-electron chi connectivity index (χ2n) is 3.26. The number of nitrogens with one attached hydrogen (secondary N) is 1. The van der Waals surface area contributed by atoms with Gasteiger partial charge in [0.15, 0.2) is 0 Å². The predicted octanol–water partition coefficient (Wildman–Crippen LogP) is 2.53. The average Bonchev–Trinajstić information content (AvgIpc) is 2.21. The minimum absolute atomic E-state index is 0.489. The molecular formula is C11H18N2. The fourth-order valence-electron chi connectivity index (χ4n) is 1.48. The van der Waals surface area contributed by atoms with Crippen molar-refractivity contribution in [2.75, 3.05) is 7.05 Å². The molecule has 0 spiro atoms. The summed E-state index contributed by atoms with van der Waals surface area (Å²) in [6, 6.07) is 4.65. The molecule has 0 radical (unpaired) electrons. The molecule has 1 heterocycles. The van der Waals surface area contributed by atoms with Crippen LogP contribution >= 0.6 is 0 Å². The van der Waals surface area contributed by atoms with Gasteiger partial charge in [-0.3, -0.25) is 4.98 Å². The number of hydrogen-bond donors (Lipinski definition) is 1. The Hall–Kier alpha value is -0.890. The molecule has 0 aliphatic rings. The number of aromatic nitrogens is 1. The molecule has 0 aliphatic heterocycles. The zero-order valence-electron chi connectivity index (χ0n) is 8.46. The highest BCUT2D eigenvalue weighted by Crippen LogP contribution is 2.17. The van der Waals surface area contributed by atoms with E-state index in [4.69, 9.17) is 0 Å². The molecule has 1 unspecified atom stereocenters. The molecule has 72 valence electrons. The summed E-state index contributed by atoms with van der Waals surface area (Å²) >= 11 is 0. The molecule has 13 heavy (non-hydrogen) atoms. The van der Waals surface area contributed by atoms with Crippen LogP contribution in [0, 0.1) is 0 Å². The van der Waals surface area contributed by atoms with Crippen LogP contribution in [0.1, 0.15) is 37.8 Å².